The Bertz CT molecular complexity index is 752. The quantitative estimate of drug-likeness (QED) is 0.690. The van der Waals surface area contributed by atoms with Crippen LogP contribution in [0.4, 0.5) is 0 Å². The fourth-order valence-electron chi connectivity index (χ4n) is 2.09. The van der Waals surface area contributed by atoms with E-state index in [1.807, 2.05) is 36.7 Å². The Kier molecular flexibility index (Phi) is 3.54. The van der Waals surface area contributed by atoms with E-state index in [0.717, 1.165) is 10.9 Å². The van der Waals surface area contributed by atoms with Crippen molar-refractivity contribution in [1.82, 2.24) is 15.3 Å². The molecule has 0 saturated heterocycles. The predicted molar refractivity (Wildman–Crippen MR) is 80.9 cm³/mol. The van der Waals surface area contributed by atoms with Gasteiger partial charge in [-0.05, 0) is 0 Å². The third kappa shape index (κ3) is 2.33. The summed E-state index contributed by atoms with van der Waals surface area (Å²) in [6.45, 7) is 0. The molecule has 0 atom stereocenters. The van der Waals surface area contributed by atoms with E-state index >= 15 is 0 Å². The van der Waals surface area contributed by atoms with E-state index in [2.05, 4.69) is 21.4 Å². The zero-order valence-corrected chi connectivity index (χ0v) is 12.6. The summed E-state index contributed by atoms with van der Waals surface area (Å²) in [5.41, 5.74) is 1.71. The van der Waals surface area contributed by atoms with Gasteiger partial charge in [-0.15, -0.1) is 0 Å². The summed E-state index contributed by atoms with van der Waals surface area (Å²) in [5, 5.41) is 3.71. The summed E-state index contributed by atoms with van der Waals surface area (Å²) < 4.78 is 2.35. The Hall–Kier alpha value is -2.10. The third-order valence-corrected chi connectivity index (χ3v) is 5.14. The van der Waals surface area contributed by atoms with Gasteiger partial charge < -0.3 is 0 Å². The van der Waals surface area contributed by atoms with Crippen LogP contribution in [-0.4, -0.2) is 37.9 Å². The first kappa shape index (κ1) is 12.9. The predicted octanol–water partition coefficient (Wildman–Crippen LogP) is 0.577. The zero-order chi connectivity index (χ0) is 13.9. The van der Waals surface area contributed by atoms with E-state index in [1.165, 1.54) is 8.92 Å². The monoisotopic (exact) mass is 331 g/mol. The summed E-state index contributed by atoms with van der Waals surface area (Å²) in [6, 6.07) is 9.74. The van der Waals surface area contributed by atoms with Gasteiger partial charge in [0.05, 0.1) is 0 Å². The van der Waals surface area contributed by atoms with Crippen LogP contribution in [0.15, 0.2) is 48.9 Å². The van der Waals surface area contributed by atoms with Crippen LogP contribution < -0.4 is 14.2 Å². The molecule has 3 aromatic rings. The first-order valence-corrected chi connectivity index (χ1v) is 7.91. The van der Waals surface area contributed by atoms with Crippen molar-refractivity contribution in [3.05, 3.63) is 54.5 Å². The Labute approximate surface area is 122 Å². The van der Waals surface area contributed by atoms with E-state index < -0.39 is 0 Å². The zero-order valence-electron chi connectivity index (χ0n) is 10.9. The first-order chi connectivity index (χ1) is 9.79. The number of pyridine rings is 1. The molecule has 0 aliphatic carbocycles. The summed E-state index contributed by atoms with van der Waals surface area (Å²) in [4.78, 5) is 19.4. The maximum absolute atomic E-state index is 12.0. The second-order valence-electron chi connectivity index (χ2n) is 4.25. The first-order valence-electron chi connectivity index (χ1n) is 6.19. The molecular weight excluding hydrogens is 317 g/mol. The van der Waals surface area contributed by atoms with Gasteiger partial charge in [-0.25, -0.2) is 0 Å². The second kappa shape index (κ2) is 5.49. The normalized spacial score (nSPS) is 10.7. The average molecular weight is 330 g/mol. The van der Waals surface area contributed by atoms with Crippen LogP contribution >= 0.6 is 0 Å². The number of nitrogens with one attached hydrogen (secondary N) is 2. The standard InChI is InChI=1S/C15H13N3OSe/c1-16-15(19)11-5-2-6-12-14(11)13(9-18-12)20-10-4-3-7-17-8-10/h2-9,18H,1H3,(H,16,19). The minimum absolute atomic E-state index is 0.0570. The number of hydrogen-bond donors (Lipinski definition) is 2. The fraction of sp³-hybridized carbons (Fsp3) is 0.0667. The van der Waals surface area contributed by atoms with Crippen LogP contribution in [0.3, 0.4) is 0 Å². The van der Waals surface area contributed by atoms with Crippen molar-refractivity contribution in [2.24, 2.45) is 0 Å². The molecular formula is C15H13N3OSe. The van der Waals surface area contributed by atoms with Gasteiger partial charge in [0.15, 0.2) is 0 Å². The Morgan fingerprint density at radius 3 is 2.95 bits per heavy atom. The summed E-state index contributed by atoms with van der Waals surface area (Å²) >= 11 is 0.122. The Balaban J connectivity index is 2.10. The van der Waals surface area contributed by atoms with Crippen LogP contribution in [-0.2, 0) is 0 Å². The number of aromatic nitrogens is 2. The van der Waals surface area contributed by atoms with Crippen LogP contribution in [0.2, 0.25) is 0 Å². The number of rotatable bonds is 3. The number of fused-ring (bicyclic) bond motifs is 1. The Morgan fingerprint density at radius 2 is 2.20 bits per heavy atom. The van der Waals surface area contributed by atoms with Crippen molar-refractivity contribution in [1.29, 1.82) is 0 Å². The van der Waals surface area contributed by atoms with Crippen LogP contribution in [0.5, 0.6) is 0 Å². The topological polar surface area (TPSA) is 57.8 Å². The number of nitrogens with zero attached hydrogens (tertiary/aromatic N) is 1. The van der Waals surface area contributed by atoms with Crippen molar-refractivity contribution in [2.75, 3.05) is 7.05 Å². The summed E-state index contributed by atoms with van der Waals surface area (Å²) in [6.07, 6.45) is 5.64. The van der Waals surface area contributed by atoms with Gasteiger partial charge in [-0.1, -0.05) is 0 Å². The van der Waals surface area contributed by atoms with Crippen molar-refractivity contribution < 1.29 is 4.79 Å². The number of benzene rings is 1. The molecule has 2 heterocycles. The van der Waals surface area contributed by atoms with E-state index in [-0.39, 0.29) is 20.9 Å². The molecule has 0 bridgehead atoms. The number of carbonyl (C=O) groups is 1. The van der Waals surface area contributed by atoms with Gasteiger partial charge in [-0.2, -0.15) is 0 Å². The third-order valence-electron chi connectivity index (χ3n) is 3.00. The number of hydrogen-bond acceptors (Lipinski definition) is 2. The number of carbonyl (C=O) groups excluding carboxylic acids is 1. The molecule has 5 heteroatoms. The maximum atomic E-state index is 12.0. The number of amides is 1. The van der Waals surface area contributed by atoms with E-state index in [9.17, 15) is 4.79 Å². The molecule has 100 valence electrons. The van der Waals surface area contributed by atoms with Crippen molar-refractivity contribution in [3.63, 3.8) is 0 Å². The van der Waals surface area contributed by atoms with Crippen LogP contribution in [0, 0.1) is 0 Å². The molecule has 0 unspecified atom stereocenters. The number of aromatic amines is 1. The van der Waals surface area contributed by atoms with E-state index in [4.69, 9.17) is 0 Å². The van der Waals surface area contributed by atoms with Crippen LogP contribution in [0.1, 0.15) is 10.4 Å². The summed E-state index contributed by atoms with van der Waals surface area (Å²) in [7, 11) is 1.65. The molecule has 2 aromatic heterocycles. The van der Waals surface area contributed by atoms with Gasteiger partial charge in [0.25, 0.3) is 0 Å². The molecule has 0 fully saturated rings. The molecule has 1 aromatic carbocycles. The molecule has 2 N–H and O–H groups in total. The molecule has 0 aliphatic rings. The van der Waals surface area contributed by atoms with Crippen molar-refractivity contribution >= 4 is 40.7 Å². The Morgan fingerprint density at radius 1 is 1.30 bits per heavy atom. The van der Waals surface area contributed by atoms with Gasteiger partial charge in [0.2, 0.25) is 0 Å². The van der Waals surface area contributed by atoms with E-state index in [1.54, 1.807) is 13.2 Å². The van der Waals surface area contributed by atoms with Crippen molar-refractivity contribution in [2.45, 2.75) is 0 Å². The molecule has 20 heavy (non-hydrogen) atoms. The molecule has 1 amide bonds. The van der Waals surface area contributed by atoms with Crippen molar-refractivity contribution in [3.8, 4) is 0 Å². The van der Waals surface area contributed by atoms with E-state index in [0.29, 0.717) is 5.56 Å². The molecule has 0 saturated carbocycles. The molecule has 0 aliphatic heterocycles. The van der Waals surface area contributed by atoms with Crippen LogP contribution in [0.25, 0.3) is 10.9 Å². The molecule has 0 spiro atoms. The summed E-state index contributed by atoms with van der Waals surface area (Å²) in [5.74, 6) is -0.0570. The number of H-pyrrole nitrogens is 1. The van der Waals surface area contributed by atoms with Gasteiger partial charge in [-0.3, -0.25) is 0 Å². The van der Waals surface area contributed by atoms with Gasteiger partial charge >= 0.3 is 122 Å². The molecule has 3 rings (SSSR count). The second-order valence-corrected chi connectivity index (χ2v) is 6.59. The van der Waals surface area contributed by atoms with Gasteiger partial charge in [0.1, 0.15) is 0 Å². The SMILES string of the molecule is CNC(=O)c1cccc2[nH]cc([Se]c3cccnc3)c12. The molecule has 4 nitrogen and oxygen atoms in total. The molecule has 0 radical (unpaired) electrons. The van der Waals surface area contributed by atoms with Gasteiger partial charge in [0, 0.05) is 0 Å². The fourth-order valence-corrected chi connectivity index (χ4v) is 4.09. The average Bonchev–Trinajstić information content (AvgIpc) is 2.91. The minimum atomic E-state index is -0.0570.